The van der Waals surface area contributed by atoms with Crippen LogP contribution in [0.15, 0.2) is 72.7 Å². The van der Waals surface area contributed by atoms with Gasteiger partial charge in [-0.15, -0.1) is 0 Å². The number of hydrogen-bond donors (Lipinski definition) is 1. The van der Waals surface area contributed by atoms with Crippen molar-refractivity contribution >= 4 is 0 Å². The first-order chi connectivity index (χ1) is 8.88. The zero-order valence-corrected chi connectivity index (χ0v) is 9.95. The van der Waals surface area contributed by atoms with E-state index < -0.39 is 0 Å². The summed E-state index contributed by atoms with van der Waals surface area (Å²) in [6.07, 6.45) is 1.69. The summed E-state index contributed by atoms with van der Waals surface area (Å²) in [6, 6.07) is 18.9. The Kier molecular flexibility index (Phi) is 4.39. The summed E-state index contributed by atoms with van der Waals surface area (Å²) in [5.41, 5.74) is 5.50. The van der Waals surface area contributed by atoms with Crippen LogP contribution < -0.4 is 15.2 Å². The maximum absolute atomic E-state index is 5.62. The van der Waals surface area contributed by atoms with Crippen molar-refractivity contribution in [2.24, 2.45) is 5.73 Å². The minimum Gasteiger partial charge on any atom is -0.426 e. The van der Waals surface area contributed by atoms with Crippen molar-refractivity contribution in [1.29, 1.82) is 0 Å². The Morgan fingerprint density at radius 3 is 1.67 bits per heavy atom. The summed E-state index contributed by atoms with van der Waals surface area (Å²) in [5, 5.41) is 0. The molecule has 0 radical (unpaired) electrons. The summed E-state index contributed by atoms with van der Waals surface area (Å²) >= 11 is 0. The fourth-order valence-electron chi connectivity index (χ4n) is 1.41. The molecule has 3 heteroatoms. The molecule has 18 heavy (non-hydrogen) atoms. The highest BCUT2D eigenvalue weighted by Gasteiger charge is 2.02. The van der Waals surface area contributed by atoms with Crippen molar-refractivity contribution in [3.05, 3.63) is 72.7 Å². The molecule has 0 saturated carbocycles. The predicted molar refractivity (Wildman–Crippen MR) is 71.3 cm³/mol. The molecule has 3 nitrogen and oxygen atoms in total. The van der Waals surface area contributed by atoms with E-state index in [0.717, 1.165) is 0 Å². The van der Waals surface area contributed by atoms with Gasteiger partial charge in [-0.25, -0.2) is 0 Å². The van der Waals surface area contributed by atoms with E-state index in [1.807, 2.05) is 60.7 Å². The lowest BCUT2D eigenvalue weighted by molar-refractivity contribution is 0.224. The number of benzene rings is 2. The molecule has 2 aromatic rings. The third-order valence-corrected chi connectivity index (χ3v) is 2.21. The van der Waals surface area contributed by atoms with Crippen molar-refractivity contribution in [1.82, 2.24) is 0 Å². The van der Waals surface area contributed by atoms with E-state index in [1.165, 1.54) is 0 Å². The summed E-state index contributed by atoms with van der Waals surface area (Å²) in [7, 11) is 0. The first-order valence-corrected chi connectivity index (χ1v) is 5.74. The molecule has 0 spiro atoms. The van der Waals surface area contributed by atoms with Crippen LogP contribution in [0.4, 0.5) is 0 Å². The normalized spacial score (nSPS) is 9.61. The van der Waals surface area contributed by atoms with Crippen molar-refractivity contribution < 1.29 is 9.47 Å². The molecule has 0 fully saturated rings. The van der Waals surface area contributed by atoms with Gasteiger partial charge in [-0.3, -0.25) is 0 Å². The molecule has 0 aromatic heterocycles. The molecule has 2 rings (SSSR count). The van der Waals surface area contributed by atoms with Crippen molar-refractivity contribution in [2.45, 2.75) is 0 Å². The summed E-state index contributed by atoms with van der Waals surface area (Å²) < 4.78 is 11.2. The molecule has 92 valence electrons. The minimum absolute atomic E-state index is 0.356. The molecule has 0 aliphatic heterocycles. The van der Waals surface area contributed by atoms with Gasteiger partial charge in [-0.05, 0) is 24.3 Å². The van der Waals surface area contributed by atoms with Crippen LogP contribution in [0, 0.1) is 0 Å². The van der Waals surface area contributed by atoms with Crippen molar-refractivity contribution in [3.8, 4) is 11.5 Å². The van der Waals surface area contributed by atoms with Crippen LogP contribution in [0.2, 0.25) is 0 Å². The lowest BCUT2D eigenvalue weighted by Crippen LogP contribution is -2.07. The molecule has 0 amide bonds. The molecular formula is C15H15NO2. The zero-order chi connectivity index (χ0) is 12.6. The van der Waals surface area contributed by atoms with Crippen LogP contribution in [0.3, 0.4) is 0 Å². The second-order valence-corrected chi connectivity index (χ2v) is 3.59. The maximum Gasteiger partial charge on any atom is 0.287 e. The smallest absolute Gasteiger partial charge is 0.287 e. The predicted octanol–water partition coefficient (Wildman–Crippen LogP) is 2.94. The van der Waals surface area contributed by atoms with Gasteiger partial charge in [-0.2, -0.15) is 0 Å². The Bertz CT molecular complexity index is 451. The third kappa shape index (κ3) is 3.64. The molecule has 2 aromatic carbocycles. The zero-order valence-electron chi connectivity index (χ0n) is 9.95. The molecule has 0 atom stereocenters. The second kappa shape index (κ2) is 6.47. The summed E-state index contributed by atoms with van der Waals surface area (Å²) in [5.74, 6) is 1.82. The van der Waals surface area contributed by atoms with Crippen molar-refractivity contribution in [3.63, 3.8) is 0 Å². The van der Waals surface area contributed by atoms with Gasteiger partial charge in [0.15, 0.2) is 0 Å². The number of para-hydroxylation sites is 2. The van der Waals surface area contributed by atoms with Gasteiger partial charge in [0, 0.05) is 12.6 Å². The van der Waals surface area contributed by atoms with Gasteiger partial charge < -0.3 is 15.2 Å². The topological polar surface area (TPSA) is 44.5 Å². The molecule has 0 heterocycles. The van der Waals surface area contributed by atoms with E-state index >= 15 is 0 Å². The lowest BCUT2D eigenvalue weighted by Gasteiger charge is -2.11. The largest absolute Gasteiger partial charge is 0.426 e. The molecule has 0 aliphatic rings. The number of ether oxygens (including phenoxy) is 2. The van der Waals surface area contributed by atoms with Gasteiger partial charge in [0.2, 0.25) is 0 Å². The summed E-state index contributed by atoms with van der Waals surface area (Å²) in [6.45, 7) is 0.356. The Morgan fingerprint density at radius 2 is 1.28 bits per heavy atom. The van der Waals surface area contributed by atoms with E-state index in [0.29, 0.717) is 24.0 Å². The highest BCUT2D eigenvalue weighted by Crippen LogP contribution is 2.17. The fraction of sp³-hybridized carbons (Fsp3) is 0.0667. The standard InChI is InChI=1S/C15H15NO2/c16-12-11-15(17-13-7-3-1-4-8-13)18-14-9-5-2-6-10-14/h1-11H,12,16H2. The SMILES string of the molecule is NCC=C(Oc1ccccc1)Oc1ccccc1. The van der Waals surface area contributed by atoms with Gasteiger partial charge in [-0.1, -0.05) is 36.4 Å². The average molecular weight is 241 g/mol. The van der Waals surface area contributed by atoms with Crippen LogP contribution in [0.5, 0.6) is 11.5 Å². The highest BCUT2D eigenvalue weighted by atomic mass is 16.7. The molecular weight excluding hydrogens is 226 g/mol. The monoisotopic (exact) mass is 241 g/mol. The molecule has 0 saturated heterocycles. The minimum atomic E-state index is 0.356. The van der Waals surface area contributed by atoms with Crippen molar-refractivity contribution in [2.75, 3.05) is 6.54 Å². The number of rotatable bonds is 5. The molecule has 0 aliphatic carbocycles. The second-order valence-electron chi connectivity index (χ2n) is 3.59. The van der Waals surface area contributed by atoms with Gasteiger partial charge in [0.05, 0.1) is 0 Å². The number of hydrogen-bond acceptors (Lipinski definition) is 3. The highest BCUT2D eigenvalue weighted by molar-refractivity contribution is 5.25. The quantitative estimate of drug-likeness (QED) is 0.818. The van der Waals surface area contributed by atoms with Gasteiger partial charge >= 0.3 is 0 Å². The van der Waals surface area contributed by atoms with Crippen LogP contribution in [-0.2, 0) is 0 Å². The fourth-order valence-corrected chi connectivity index (χ4v) is 1.41. The third-order valence-electron chi connectivity index (χ3n) is 2.21. The molecule has 0 bridgehead atoms. The maximum atomic E-state index is 5.62. The Morgan fingerprint density at radius 1 is 0.833 bits per heavy atom. The van der Waals surface area contributed by atoms with E-state index in [-0.39, 0.29) is 0 Å². The number of nitrogens with two attached hydrogens (primary N) is 1. The van der Waals surface area contributed by atoms with Crippen LogP contribution in [-0.4, -0.2) is 6.54 Å². The molecule has 2 N–H and O–H groups in total. The summed E-state index contributed by atoms with van der Waals surface area (Å²) in [4.78, 5) is 0. The lowest BCUT2D eigenvalue weighted by atomic mass is 10.3. The first-order valence-electron chi connectivity index (χ1n) is 5.74. The van der Waals surface area contributed by atoms with Crippen LogP contribution in [0.1, 0.15) is 0 Å². The average Bonchev–Trinajstić information content (AvgIpc) is 2.41. The van der Waals surface area contributed by atoms with Gasteiger partial charge in [0.25, 0.3) is 5.95 Å². The molecule has 0 unspecified atom stereocenters. The van der Waals surface area contributed by atoms with E-state index in [2.05, 4.69) is 0 Å². The Balaban J connectivity index is 2.08. The first kappa shape index (κ1) is 12.2. The van der Waals surface area contributed by atoms with Crippen LogP contribution in [0.25, 0.3) is 0 Å². The van der Waals surface area contributed by atoms with Crippen LogP contribution >= 0.6 is 0 Å². The van der Waals surface area contributed by atoms with Gasteiger partial charge in [0.1, 0.15) is 11.5 Å². The van der Waals surface area contributed by atoms with E-state index in [9.17, 15) is 0 Å². The van der Waals surface area contributed by atoms with E-state index in [1.54, 1.807) is 6.08 Å². The Hall–Kier alpha value is -2.26. The van der Waals surface area contributed by atoms with E-state index in [4.69, 9.17) is 15.2 Å². The Labute approximate surface area is 106 Å².